The van der Waals surface area contributed by atoms with Gasteiger partial charge in [-0.05, 0) is 31.9 Å². The average Bonchev–Trinajstić information content (AvgIpc) is 3.06. The van der Waals surface area contributed by atoms with Gasteiger partial charge in [0.15, 0.2) is 0 Å². The first kappa shape index (κ1) is 22.7. The SMILES string of the molecule is CC1(N)CCCCC1C(=O)Nc1cccc(OCc2cscn2)c1.Cl.Cl. The second kappa shape index (κ2) is 10.1. The highest BCUT2D eigenvalue weighted by Crippen LogP contribution is 2.32. The van der Waals surface area contributed by atoms with Crippen molar-refractivity contribution < 1.29 is 9.53 Å². The molecule has 26 heavy (non-hydrogen) atoms. The van der Waals surface area contributed by atoms with Gasteiger partial charge in [-0.1, -0.05) is 18.9 Å². The van der Waals surface area contributed by atoms with E-state index in [0.29, 0.717) is 12.4 Å². The molecule has 3 N–H and O–H groups in total. The predicted molar refractivity (Wildman–Crippen MR) is 111 cm³/mol. The van der Waals surface area contributed by atoms with Crippen LogP contribution in [0.5, 0.6) is 5.75 Å². The quantitative estimate of drug-likeness (QED) is 0.754. The number of nitrogens with zero attached hydrogens (tertiary/aromatic N) is 1. The molecule has 0 spiro atoms. The van der Waals surface area contributed by atoms with Crippen molar-refractivity contribution in [2.45, 2.75) is 44.8 Å². The number of amides is 1. The zero-order chi connectivity index (χ0) is 17.0. The number of nitrogens with one attached hydrogen (secondary N) is 1. The van der Waals surface area contributed by atoms with Crippen LogP contribution in [0.2, 0.25) is 0 Å². The molecular formula is C18H25Cl2N3O2S. The summed E-state index contributed by atoms with van der Waals surface area (Å²) >= 11 is 1.54. The third-order valence-corrected chi connectivity index (χ3v) is 5.18. The maximum atomic E-state index is 12.6. The molecule has 2 atom stereocenters. The zero-order valence-electron chi connectivity index (χ0n) is 14.6. The molecule has 1 saturated carbocycles. The molecule has 2 aromatic rings. The number of rotatable bonds is 5. The second-order valence-electron chi connectivity index (χ2n) is 6.59. The molecule has 1 amide bonds. The van der Waals surface area contributed by atoms with E-state index in [-0.39, 0.29) is 36.6 Å². The van der Waals surface area contributed by atoms with Crippen molar-refractivity contribution >= 4 is 47.7 Å². The van der Waals surface area contributed by atoms with Crippen LogP contribution in [0.3, 0.4) is 0 Å². The van der Waals surface area contributed by atoms with Crippen LogP contribution >= 0.6 is 36.2 Å². The lowest BCUT2D eigenvalue weighted by Crippen LogP contribution is -2.51. The van der Waals surface area contributed by atoms with Crippen LogP contribution in [0.1, 0.15) is 38.3 Å². The summed E-state index contributed by atoms with van der Waals surface area (Å²) in [6, 6.07) is 7.44. The van der Waals surface area contributed by atoms with Crippen molar-refractivity contribution in [3.8, 4) is 5.75 Å². The maximum absolute atomic E-state index is 12.6. The lowest BCUT2D eigenvalue weighted by Gasteiger charge is -2.37. The molecule has 1 aliphatic rings. The van der Waals surface area contributed by atoms with Crippen LogP contribution in [0.25, 0.3) is 0 Å². The number of carbonyl (C=O) groups is 1. The minimum absolute atomic E-state index is 0. The summed E-state index contributed by atoms with van der Waals surface area (Å²) in [6.07, 6.45) is 3.89. The number of carbonyl (C=O) groups excluding carboxylic acids is 1. The predicted octanol–water partition coefficient (Wildman–Crippen LogP) is 4.41. The Morgan fingerprint density at radius 1 is 1.42 bits per heavy atom. The summed E-state index contributed by atoms with van der Waals surface area (Å²) in [4.78, 5) is 16.8. The van der Waals surface area contributed by atoms with Crippen molar-refractivity contribution in [3.63, 3.8) is 0 Å². The fraction of sp³-hybridized carbons (Fsp3) is 0.444. The van der Waals surface area contributed by atoms with Crippen LogP contribution in [0.4, 0.5) is 5.69 Å². The minimum Gasteiger partial charge on any atom is -0.487 e. The molecule has 1 fully saturated rings. The Morgan fingerprint density at radius 3 is 2.92 bits per heavy atom. The Labute approximate surface area is 170 Å². The molecule has 5 nitrogen and oxygen atoms in total. The molecule has 8 heteroatoms. The lowest BCUT2D eigenvalue weighted by molar-refractivity contribution is -0.122. The highest BCUT2D eigenvalue weighted by atomic mass is 35.5. The van der Waals surface area contributed by atoms with Gasteiger partial charge in [-0.2, -0.15) is 0 Å². The van der Waals surface area contributed by atoms with Gasteiger partial charge < -0.3 is 15.8 Å². The summed E-state index contributed by atoms with van der Waals surface area (Å²) in [7, 11) is 0. The summed E-state index contributed by atoms with van der Waals surface area (Å²) < 4.78 is 5.73. The summed E-state index contributed by atoms with van der Waals surface area (Å²) in [5, 5.41) is 4.94. The van der Waals surface area contributed by atoms with Crippen LogP contribution in [0, 0.1) is 5.92 Å². The third-order valence-electron chi connectivity index (χ3n) is 4.54. The van der Waals surface area contributed by atoms with E-state index in [0.717, 1.165) is 37.1 Å². The Balaban J connectivity index is 0.00000169. The molecule has 0 saturated heterocycles. The van der Waals surface area contributed by atoms with Crippen molar-refractivity contribution in [2.75, 3.05) is 5.32 Å². The standard InChI is InChI=1S/C18H23N3O2S.2ClH/c1-18(19)8-3-2-7-16(18)17(22)21-13-5-4-6-15(9-13)23-10-14-11-24-12-20-14;;/h4-6,9,11-12,16H,2-3,7-8,10,19H2,1H3,(H,21,22);2*1H. The third kappa shape index (κ3) is 5.84. The average molecular weight is 418 g/mol. The molecule has 2 unspecified atom stereocenters. The van der Waals surface area contributed by atoms with Gasteiger partial charge in [0.25, 0.3) is 0 Å². The Bertz CT molecular complexity index is 696. The molecule has 1 aromatic carbocycles. The molecule has 1 aromatic heterocycles. The van der Waals surface area contributed by atoms with E-state index in [1.165, 1.54) is 0 Å². The number of anilines is 1. The first-order valence-corrected chi connectivity index (χ1v) is 9.18. The van der Waals surface area contributed by atoms with Gasteiger partial charge in [0.2, 0.25) is 5.91 Å². The number of benzene rings is 1. The number of nitrogens with two attached hydrogens (primary N) is 1. The second-order valence-corrected chi connectivity index (χ2v) is 7.31. The van der Waals surface area contributed by atoms with Crippen LogP contribution in [0.15, 0.2) is 35.2 Å². The van der Waals surface area contributed by atoms with E-state index >= 15 is 0 Å². The summed E-state index contributed by atoms with van der Waals surface area (Å²) in [5.41, 5.74) is 9.30. The summed E-state index contributed by atoms with van der Waals surface area (Å²) in [6.45, 7) is 2.40. The van der Waals surface area contributed by atoms with E-state index in [1.54, 1.807) is 16.8 Å². The molecule has 1 heterocycles. The first-order chi connectivity index (χ1) is 11.5. The van der Waals surface area contributed by atoms with Crippen LogP contribution in [-0.2, 0) is 11.4 Å². The maximum Gasteiger partial charge on any atom is 0.229 e. The number of aromatic nitrogens is 1. The number of hydrogen-bond donors (Lipinski definition) is 2. The van der Waals surface area contributed by atoms with Crippen molar-refractivity contribution in [2.24, 2.45) is 11.7 Å². The van der Waals surface area contributed by atoms with Gasteiger partial charge in [-0.25, -0.2) is 4.98 Å². The smallest absolute Gasteiger partial charge is 0.229 e. The molecule has 0 bridgehead atoms. The van der Waals surface area contributed by atoms with E-state index < -0.39 is 5.54 Å². The van der Waals surface area contributed by atoms with E-state index in [2.05, 4.69) is 10.3 Å². The van der Waals surface area contributed by atoms with Gasteiger partial charge in [0, 0.05) is 22.7 Å². The normalized spacial score (nSPS) is 21.8. The fourth-order valence-corrected chi connectivity index (χ4v) is 3.69. The van der Waals surface area contributed by atoms with E-state index in [9.17, 15) is 4.79 Å². The van der Waals surface area contributed by atoms with Crippen molar-refractivity contribution in [1.82, 2.24) is 4.98 Å². The molecule has 0 aliphatic heterocycles. The van der Waals surface area contributed by atoms with Gasteiger partial charge in [-0.3, -0.25) is 4.79 Å². The van der Waals surface area contributed by atoms with Crippen molar-refractivity contribution in [1.29, 1.82) is 0 Å². The fourth-order valence-electron chi connectivity index (χ4n) is 3.15. The largest absolute Gasteiger partial charge is 0.487 e. The molecule has 1 aliphatic carbocycles. The van der Waals surface area contributed by atoms with Gasteiger partial charge in [-0.15, -0.1) is 36.2 Å². The lowest BCUT2D eigenvalue weighted by atomic mass is 9.74. The Morgan fingerprint density at radius 2 is 2.23 bits per heavy atom. The number of ether oxygens (including phenoxy) is 1. The molecule has 144 valence electrons. The number of halogens is 2. The van der Waals surface area contributed by atoms with E-state index in [4.69, 9.17) is 10.5 Å². The van der Waals surface area contributed by atoms with Gasteiger partial charge >= 0.3 is 0 Å². The highest BCUT2D eigenvalue weighted by Gasteiger charge is 2.37. The van der Waals surface area contributed by atoms with Crippen molar-refractivity contribution in [3.05, 3.63) is 40.8 Å². The molecule has 3 rings (SSSR count). The molecular weight excluding hydrogens is 393 g/mol. The Kier molecular flexibility index (Phi) is 8.83. The zero-order valence-corrected chi connectivity index (χ0v) is 17.1. The highest BCUT2D eigenvalue weighted by molar-refractivity contribution is 7.07. The van der Waals surface area contributed by atoms with Crippen LogP contribution < -0.4 is 15.8 Å². The Hall–Kier alpha value is -1.34. The van der Waals surface area contributed by atoms with Crippen LogP contribution in [-0.4, -0.2) is 16.4 Å². The van der Waals surface area contributed by atoms with Gasteiger partial charge in [0.05, 0.1) is 17.1 Å². The minimum atomic E-state index is -0.430. The molecule has 0 radical (unpaired) electrons. The van der Waals surface area contributed by atoms with Gasteiger partial charge in [0.1, 0.15) is 12.4 Å². The number of thiazole rings is 1. The topological polar surface area (TPSA) is 77.2 Å². The first-order valence-electron chi connectivity index (χ1n) is 8.24. The summed E-state index contributed by atoms with van der Waals surface area (Å²) in [5.74, 6) is 0.558. The number of hydrogen-bond acceptors (Lipinski definition) is 5. The van der Waals surface area contributed by atoms with E-state index in [1.807, 2.05) is 36.6 Å². The monoisotopic (exact) mass is 417 g/mol.